The van der Waals surface area contributed by atoms with Crippen molar-refractivity contribution in [2.24, 2.45) is 10.7 Å². The van der Waals surface area contributed by atoms with E-state index in [0.717, 1.165) is 16.6 Å². The van der Waals surface area contributed by atoms with Crippen molar-refractivity contribution >= 4 is 22.4 Å². The van der Waals surface area contributed by atoms with Gasteiger partial charge in [0.1, 0.15) is 0 Å². The maximum absolute atomic E-state index is 5.51. The van der Waals surface area contributed by atoms with Gasteiger partial charge in [-0.2, -0.15) is 0 Å². The quantitative estimate of drug-likeness (QED) is 0.504. The summed E-state index contributed by atoms with van der Waals surface area (Å²) in [6.07, 6.45) is 1.86. The van der Waals surface area contributed by atoms with Crippen molar-refractivity contribution in [3.8, 4) is 0 Å². The minimum absolute atomic E-state index is 0.574. The average Bonchev–Trinajstić information content (AvgIpc) is 2.48. The SMILES string of the molecule is CC(N)=Nc1c[nH]c2ccccc12. The second-order valence-electron chi connectivity index (χ2n) is 2.97. The summed E-state index contributed by atoms with van der Waals surface area (Å²) in [6.45, 7) is 1.78. The number of hydrogen-bond acceptors (Lipinski definition) is 1. The summed E-state index contributed by atoms with van der Waals surface area (Å²) in [6, 6.07) is 8.01. The number of nitrogens with one attached hydrogen (secondary N) is 1. The minimum Gasteiger partial charge on any atom is -0.387 e. The molecule has 0 atom stereocenters. The zero-order valence-corrected chi connectivity index (χ0v) is 7.41. The van der Waals surface area contributed by atoms with Crippen LogP contribution in [0.1, 0.15) is 6.92 Å². The third kappa shape index (κ3) is 1.40. The summed E-state index contributed by atoms with van der Waals surface area (Å²) in [5.74, 6) is 0.574. The third-order valence-electron chi connectivity index (χ3n) is 1.86. The van der Waals surface area contributed by atoms with E-state index in [9.17, 15) is 0 Å². The molecule has 1 aromatic carbocycles. The van der Waals surface area contributed by atoms with Crippen LogP contribution in [0.25, 0.3) is 10.9 Å². The molecule has 13 heavy (non-hydrogen) atoms. The molecule has 3 heteroatoms. The van der Waals surface area contributed by atoms with E-state index in [1.165, 1.54) is 0 Å². The molecule has 0 spiro atoms. The van der Waals surface area contributed by atoms with Gasteiger partial charge in [0.25, 0.3) is 0 Å². The first-order valence-electron chi connectivity index (χ1n) is 4.14. The molecule has 0 radical (unpaired) electrons. The van der Waals surface area contributed by atoms with Crippen LogP contribution in [0.5, 0.6) is 0 Å². The second-order valence-corrected chi connectivity index (χ2v) is 2.97. The Bertz CT molecular complexity index is 450. The molecule has 0 bridgehead atoms. The van der Waals surface area contributed by atoms with Crippen molar-refractivity contribution in [2.45, 2.75) is 6.92 Å². The molecule has 3 N–H and O–H groups in total. The highest BCUT2D eigenvalue weighted by atomic mass is 14.9. The topological polar surface area (TPSA) is 54.2 Å². The highest BCUT2D eigenvalue weighted by Gasteiger charge is 1.99. The zero-order valence-electron chi connectivity index (χ0n) is 7.41. The standard InChI is InChI=1S/C10H11N3/c1-7(11)13-10-6-12-9-5-3-2-4-8(9)10/h2-6,12H,1H3,(H2,11,13). The van der Waals surface area contributed by atoms with Gasteiger partial charge in [0.05, 0.1) is 11.5 Å². The molecule has 0 aliphatic heterocycles. The number of aromatic nitrogens is 1. The Morgan fingerprint density at radius 1 is 1.38 bits per heavy atom. The Labute approximate surface area is 76.3 Å². The molecule has 0 amide bonds. The number of amidine groups is 1. The third-order valence-corrected chi connectivity index (χ3v) is 1.86. The summed E-state index contributed by atoms with van der Waals surface area (Å²) in [5.41, 5.74) is 7.50. The van der Waals surface area contributed by atoms with E-state index in [0.29, 0.717) is 5.84 Å². The molecule has 3 nitrogen and oxygen atoms in total. The highest BCUT2D eigenvalue weighted by molar-refractivity contribution is 5.94. The van der Waals surface area contributed by atoms with Crippen LogP contribution in [0, 0.1) is 0 Å². The summed E-state index contributed by atoms with van der Waals surface area (Å²) in [5, 5.41) is 1.10. The molecule has 2 rings (SSSR count). The van der Waals surface area contributed by atoms with Gasteiger partial charge in [-0.05, 0) is 13.0 Å². The van der Waals surface area contributed by atoms with Crippen LogP contribution in [0.4, 0.5) is 5.69 Å². The molecule has 2 aromatic rings. The molecule has 0 aliphatic rings. The fourth-order valence-electron chi connectivity index (χ4n) is 1.34. The van der Waals surface area contributed by atoms with Crippen LogP contribution >= 0.6 is 0 Å². The second kappa shape index (κ2) is 2.94. The summed E-state index contributed by atoms with van der Waals surface area (Å²) in [4.78, 5) is 7.34. The molecule has 0 unspecified atom stereocenters. The number of nitrogens with two attached hydrogens (primary N) is 1. The lowest BCUT2D eigenvalue weighted by Crippen LogP contribution is -2.03. The van der Waals surface area contributed by atoms with Gasteiger partial charge >= 0.3 is 0 Å². The van der Waals surface area contributed by atoms with Gasteiger partial charge in [-0.1, -0.05) is 18.2 Å². The number of aromatic amines is 1. The number of hydrogen-bond donors (Lipinski definition) is 2. The Morgan fingerprint density at radius 2 is 2.15 bits per heavy atom. The van der Waals surface area contributed by atoms with Gasteiger partial charge in [0.2, 0.25) is 0 Å². The average molecular weight is 173 g/mol. The van der Waals surface area contributed by atoms with E-state index >= 15 is 0 Å². The van der Waals surface area contributed by atoms with E-state index in [4.69, 9.17) is 5.73 Å². The van der Waals surface area contributed by atoms with Crippen LogP contribution in [-0.2, 0) is 0 Å². The molecule has 0 saturated heterocycles. The molecular formula is C10H11N3. The lowest BCUT2D eigenvalue weighted by Gasteiger charge is -1.91. The number of benzene rings is 1. The normalized spacial score (nSPS) is 12.2. The van der Waals surface area contributed by atoms with Crippen LogP contribution in [0.2, 0.25) is 0 Å². The van der Waals surface area contributed by atoms with Crippen LogP contribution in [0.3, 0.4) is 0 Å². The van der Waals surface area contributed by atoms with Gasteiger partial charge in [-0.25, -0.2) is 4.99 Å². The fourth-order valence-corrected chi connectivity index (χ4v) is 1.34. The first-order valence-corrected chi connectivity index (χ1v) is 4.14. The van der Waals surface area contributed by atoms with E-state index in [-0.39, 0.29) is 0 Å². The van der Waals surface area contributed by atoms with Crippen LogP contribution in [-0.4, -0.2) is 10.8 Å². The molecule has 0 saturated carbocycles. The lowest BCUT2D eigenvalue weighted by atomic mass is 10.2. The Balaban J connectivity index is 2.65. The Hall–Kier alpha value is -1.77. The molecule has 0 fully saturated rings. The fraction of sp³-hybridized carbons (Fsp3) is 0.100. The summed E-state index contributed by atoms with van der Waals surface area (Å²) >= 11 is 0. The number of H-pyrrole nitrogens is 1. The summed E-state index contributed by atoms with van der Waals surface area (Å²) < 4.78 is 0. The monoisotopic (exact) mass is 173 g/mol. The predicted molar refractivity (Wildman–Crippen MR) is 55.3 cm³/mol. The molecule has 66 valence electrons. The number of nitrogens with zero attached hydrogens (tertiary/aromatic N) is 1. The van der Waals surface area contributed by atoms with Gasteiger partial charge in [0.15, 0.2) is 0 Å². The zero-order chi connectivity index (χ0) is 9.26. The van der Waals surface area contributed by atoms with Gasteiger partial charge in [-0.15, -0.1) is 0 Å². The largest absolute Gasteiger partial charge is 0.387 e. The number of rotatable bonds is 1. The minimum atomic E-state index is 0.574. The maximum Gasteiger partial charge on any atom is 0.0965 e. The number of fused-ring (bicyclic) bond motifs is 1. The number of aliphatic imine (C=N–C) groups is 1. The highest BCUT2D eigenvalue weighted by Crippen LogP contribution is 2.24. The first kappa shape index (κ1) is 7.86. The van der Waals surface area contributed by atoms with Crippen molar-refractivity contribution in [1.29, 1.82) is 0 Å². The van der Waals surface area contributed by atoms with Crippen molar-refractivity contribution in [3.05, 3.63) is 30.5 Å². The Morgan fingerprint density at radius 3 is 2.92 bits per heavy atom. The van der Waals surface area contributed by atoms with Crippen molar-refractivity contribution in [3.63, 3.8) is 0 Å². The molecule has 1 aromatic heterocycles. The van der Waals surface area contributed by atoms with E-state index in [2.05, 4.69) is 9.98 Å². The van der Waals surface area contributed by atoms with Gasteiger partial charge < -0.3 is 10.7 Å². The van der Waals surface area contributed by atoms with Gasteiger partial charge in [0, 0.05) is 17.1 Å². The summed E-state index contributed by atoms with van der Waals surface area (Å²) in [7, 11) is 0. The molecule has 0 aliphatic carbocycles. The molecule has 1 heterocycles. The van der Waals surface area contributed by atoms with E-state index in [1.54, 1.807) is 6.92 Å². The van der Waals surface area contributed by atoms with Crippen LogP contribution in [0.15, 0.2) is 35.5 Å². The van der Waals surface area contributed by atoms with Crippen molar-refractivity contribution in [2.75, 3.05) is 0 Å². The smallest absolute Gasteiger partial charge is 0.0965 e. The van der Waals surface area contributed by atoms with Crippen molar-refractivity contribution in [1.82, 2.24) is 4.98 Å². The van der Waals surface area contributed by atoms with E-state index in [1.807, 2.05) is 30.5 Å². The predicted octanol–water partition coefficient (Wildman–Crippen LogP) is 2.18. The number of para-hydroxylation sites is 1. The lowest BCUT2D eigenvalue weighted by molar-refractivity contribution is 1.43. The van der Waals surface area contributed by atoms with Gasteiger partial charge in [-0.3, -0.25) is 0 Å². The van der Waals surface area contributed by atoms with Crippen molar-refractivity contribution < 1.29 is 0 Å². The first-order chi connectivity index (χ1) is 6.27. The molecular weight excluding hydrogens is 162 g/mol. The Kier molecular flexibility index (Phi) is 1.77. The van der Waals surface area contributed by atoms with E-state index < -0.39 is 0 Å². The van der Waals surface area contributed by atoms with Crippen LogP contribution < -0.4 is 5.73 Å². The maximum atomic E-state index is 5.51.